The van der Waals surface area contributed by atoms with Gasteiger partial charge < -0.3 is 10.1 Å². The minimum atomic E-state index is 0.692. The van der Waals surface area contributed by atoms with Gasteiger partial charge in [-0.1, -0.05) is 36.8 Å². The fourth-order valence-corrected chi connectivity index (χ4v) is 2.83. The minimum absolute atomic E-state index is 0.692. The zero-order valence-corrected chi connectivity index (χ0v) is 14.9. The number of aryl methyl sites for hydroxylation is 2. The summed E-state index contributed by atoms with van der Waals surface area (Å²) in [4.78, 5) is 8.88. The number of nitrogens with one attached hydrogen (secondary N) is 1. The van der Waals surface area contributed by atoms with Crippen molar-refractivity contribution in [2.45, 2.75) is 39.2 Å². The van der Waals surface area contributed by atoms with Gasteiger partial charge in [0, 0.05) is 19.2 Å². The largest absolute Gasteiger partial charge is 0.377 e. The zero-order chi connectivity index (χ0) is 17.5. The molecule has 132 valence electrons. The Morgan fingerprint density at radius 2 is 1.92 bits per heavy atom. The van der Waals surface area contributed by atoms with Crippen molar-refractivity contribution in [1.29, 1.82) is 0 Å². The van der Waals surface area contributed by atoms with E-state index in [0.717, 1.165) is 49.7 Å². The number of fused-ring (bicyclic) bond motifs is 1. The van der Waals surface area contributed by atoms with E-state index in [4.69, 9.17) is 4.74 Å². The molecule has 0 saturated carbocycles. The first-order chi connectivity index (χ1) is 12.3. The van der Waals surface area contributed by atoms with Crippen LogP contribution in [0.4, 0.5) is 5.95 Å². The predicted octanol–water partition coefficient (Wildman–Crippen LogP) is 3.40. The van der Waals surface area contributed by atoms with Crippen molar-refractivity contribution in [2.75, 3.05) is 19.0 Å². The van der Waals surface area contributed by atoms with E-state index in [1.54, 1.807) is 4.52 Å². The molecule has 0 bridgehead atoms. The van der Waals surface area contributed by atoms with Gasteiger partial charge in [-0.15, -0.1) is 0 Å². The third-order valence-corrected chi connectivity index (χ3v) is 4.12. The molecular formula is C19H25N5O. The van der Waals surface area contributed by atoms with Crippen molar-refractivity contribution in [2.24, 2.45) is 0 Å². The molecule has 0 saturated heterocycles. The van der Waals surface area contributed by atoms with Crippen LogP contribution in [0.15, 0.2) is 36.5 Å². The number of nitrogens with zero attached hydrogens (tertiary/aromatic N) is 4. The van der Waals surface area contributed by atoms with E-state index in [2.05, 4.69) is 32.5 Å². The monoisotopic (exact) mass is 339 g/mol. The molecule has 0 spiro atoms. The second kappa shape index (κ2) is 8.58. The Labute approximate surface area is 148 Å². The molecule has 0 aliphatic rings. The highest BCUT2D eigenvalue weighted by Gasteiger charge is 2.10. The van der Waals surface area contributed by atoms with Crippen molar-refractivity contribution < 1.29 is 4.74 Å². The molecule has 6 nitrogen and oxygen atoms in total. The molecule has 6 heteroatoms. The summed E-state index contributed by atoms with van der Waals surface area (Å²) in [5.41, 5.74) is 3.30. The van der Waals surface area contributed by atoms with Crippen molar-refractivity contribution in [3.8, 4) is 0 Å². The van der Waals surface area contributed by atoms with E-state index < -0.39 is 0 Å². The Balaban J connectivity index is 1.42. The van der Waals surface area contributed by atoms with Crippen LogP contribution in [0.2, 0.25) is 0 Å². The quantitative estimate of drug-likeness (QED) is 0.605. The smallest absolute Gasteiger partial charge is 0.227 e. The minimum Gasteiger partial charge on any atom is -0.377 e. The second-order valence-electron chi connectivity index (χ2n) is 6.10. The Morgan fingerprint density at radius 1 is 1.08 bits per heavy atom. The molecule has 3 aromatic rings. The number of unbranched alkanes of at least 4 members (excludes halogenated alkanes) is 2. The SMILES string of the molecule is CNc1nc(C)nc2c(CCCCCOCc3ccccc3)cnn12. The van der Waals surface area contributed by atoms with Crippen molar-refractivity contribution in [3.05, 3.63) is 53.5 Å². The predicted molar refractivity (Wildman–Crippen MR) is 98.7 cm³/mol. The van der Waals surface area contributed by atoms with Gasteiger partial charge in [-0.3, -0.25) is 0 Å². The molecule has 0 amide bonds. The summed E-state index contributed by atoms with van der Waals surface area (Å²) in [6.07, 6.45) is 6.18. The Morgan fingerprint density at radius 3 is 2.72 bits per heavy atom. The summed E-state index contributed by atoms with van der Waals surface area (Å²) < 4.78 is 7.50. The van der Waals surface area contributed by atoms with Gasteiger partial charge in [0.15, 0.2) is 5.65 Å². The van der Waals surface area contributed by atoms with Crippen LogP contribution >= 0.6 is 0 Å². The highest BCUT2D eigenvalue weighted by molar-refractivity contribution is 5.50. The van der Waals surface area contributed by atoms with Gasteiger partial charge in [0.25, 0.3) is 0 Å². The normalized spacial score (nSPS) is 11.1. The van der Waals surface area contributed by atoms with Crippen molar-refractivity contribution in [1.82, 2.24) is 19.6 Å². The molecule has 0 unspecified atom stereocenters. The standard InChI is InChI=1S/C19H25N5O/c1-15-22-18-17(13-21-24(18)19(20-2)23-15)11-7-4-8-12-25-14-16-9-5-3-6-10-16/h3,5-6,9-10,13H,4,7-8,11-12,14H2,1-2H3,(H,20,22,23). The van der Waals surface area contributed by atoms with Gasteiger partial charge in [0.2, 0.25) is 5.95 Å². The lowest BCUT2D eigenvalue weighted by Crippen LogP contribution is -2.06. The first-order valence-corrected chi connectivity index (χ1v) is 8.78. The van der Waals surface area contributed by atoms with Crippen LogP contribution in [0.3, 0.4) is 0 Å². The molecule has 25 heavy (non-hydrogen) atoms. The lowest BCUT2D eigenvalue weighted by atomic mass is 10.1. The maximum absolute atomic E-state index is 5.73. The van der Waals surface area contributed by atoms with Gasteiger partial charge >= 0.3 is 0 Å². The first kappa shape index (κ1) is 17.4. The number of benzene rings is 1. The summed E-state index contributed by atoms with van der Waals surface area (Å²) >= 11 is 0. The van der Waals surface area contributed by atoms with Gasteiger partial charge in [-0.25, -0.2) is 4.98 Å². The Hall–Kier alpha value is -2.47. The van der Waals surface area contributed by atoms with Crippen LogP contribution in [0.25, 0.3) is 5.65 Å². The Bertz CT molecular complexity index is 800. The molecule has 3 rings (SSSR count). The molecular weight excluding hydrogens is 314 g/mol. The molecule has 1 N–H and O–H groups in total. The van der Waals surface area contributed by atoms with Gasteiger partial charge in [0.05, 0.1) is 12.8 Å². The summed E-state index contributed by atoms with van der Waals surface area (Å²) in [6.45, 7) is 3.40. The van der Waals surface area contributed by atoms with E-state index in [1.165, 1.54) is 11.1 Å². The third kappa shape index (κ3) is 4.54. The van der Waals surface area contributed by atoms with E-state index in [1.807, 2.05) is 38.4 Å². The highest BCUT2D eigenvalue weighted by Crippen LogP contribution is 2.15. The molecule has 0 aliphatic heterocycles. The first-order valence-electron chi connectivity index (χ1n) is 8.78. The molecule has 1 aromatic carbocycles. The van der Waals surface area contributed by atoms with Crippen LogP contribution in [-0.2, 0) is 17.8 Å². The van der Waals surface area contributed by atoms with E-state index in [-0.39, 0.29) is 0 Å². The molecule has 0 atom stereocenters. The topological polar surface area (TPSA) is 64.3 Å². The van der Waals surface area contributed by atoms with E-state index >= 15 is 0 Å². The maximum Gasteiger partial charge on any atom is 0.227 e. The molecule has 2 heterocycles. The fourth-order valence-electron chi connectivity index (χ4n) is 2.83. The van der Waals surface area contributed by atoms with Crippen molar-refractivity contribution >= 4 is 11.6 Å². The number of hydrogen-bond donors (Lipinski definition) is 1. The summed E-state index contributed by atoms with van der Waals surface area (Å²) in [6, 6.07) is 10.3. The van der Waals surface area contributed by atoms with Crippen LogP contribution < -0.4 is 5.32 Å². The van der Waals surface area contributed by atoms with Crippen LogP contribution in [-0.4, -0.2) is 33.2 Å². The fraction of sp³-hybridized carbons (Fsp3) is 0.421. The number of aromatic nitrogens is 4. The number of ether oxygens (including phenoxy) is 1. The summed E-state index contributed by atoms with van der Waals surface area (Å²) in [5, 5.41) is 7.46. The Kier molecular flexibility index (Phi) is 5.95. The van der Waals surface area contributed by atoms with Gasteiger partial charge in [0.1, 0.15) is 5.82 Å². The van der Waals surface area contributed by atoms with Crippen LogP contribution in [0, 0.1) is 6.92 Å². The highest BCUT2D eigenvalue weighted by atomic mass is 16.5. The van der Waals surface area contributed by atoms with Gasteiger partial charge in [-0.05, 0) is 31.7 Å². The molecule has 0 fully saturated rings. The average Bonchev–Trinajstić information content (AvgIpc) is 3.04. The zero-order valence-electron chi connectivity index (χ0n) is 14.9. The summed E-state index contributed by atoms with van der Waals surface area (Å²) in [7, 11) is 1.85. The number of rotatable bonds is 9. The average molecular weight is 339 g/mol. The van der Waals surface area contributed by atoms with Crippen molar-refractivity contribution in [3.63, 3.8) is 0 Å². The summed E-state index contributed by atoms with van der Waals surface area (Å²) in [5.74, 6) is 1.48. The van der Waals surface area contributed by atoms with E-state index in [0.29, 0.717) is 6.61 Å². The van der Waals surface area contributed by atoms with E-state index in [9.17, 15) is 0 Å². The van der Waals surface area contributed by atoms with Crippen LogP contribution in [0.5, 0.6) is 0 Å². The number of anilines is 1. The van der Waals surface area contributed by atoms with Crippen LogP contribution in [0.1, 0.15) is 36.2 Å². The van der Waals surface area contributed by atoms with Gasteiger partial charge in [-0.2, -0.15) is 14.6 Å². The number of hydrogen-bond acceptors (Lipinski definition) is 5. The lowest BCUT2D eigenvalue weighted by molar-refractivity contribution is 0.117. The molecule has 2 aromatic heterocycles. The molecule has 0 aliphatic carbocycles. The molecule has 0 radical (unpaired) electrons. The maximum atomic E-state index is 5.73. The second-order valence-corrected chi connectivity index (χ2v) is 6.10. The third-order valence-electron chi connectivity index (χ3n) is 4.12. The lowest BCUT2D eigenvalue weighted by Gasteiger charge is -2.05.